The molecule has 0 N–H and O–H groups in total. The van der Waals surface area contributed by atoms with Crippen LogP contribution in [0.3, 0.4) is 0 Å². The van der Waals surface area contributed by atoms with E-state index >= 15 is 0 Å². The smallest absolute Gasteiger partial charge is 0.144 e. The van der Waals surface area contributed by atoms with Gasteiger partial charge in [-0.25, -0.2) is 4.39 Å². The van der Waals surface area contributed by atoms with E-state index in [1.165, 1.54) is 81.9 Å². The first-order valence-corrected chi connectivity index (χ1v) is 11.6. The zero-order valence-corrected chi connectivity index (χ0v) is 18.2. The Kier molecular flexibility index (Phi) is 8.75. The van der Waals surface area contributed by atoms with E-state index in [-0.39, 0.29) is 5.56 Å². The van der Waals surface area contributed by atoms with Gasteiger partial charge in [0.2, 0.25) is 0 Å². The minimum Gasteiger partial charge on any atom is -0.489 e. The highest BCUT2D eigenvalue weighted by Gasteiger charge is 2.22. The van der Waals surface area contributed by atoms with Crippen LogP contribution in [0.15, 0.2) is 42.5 Å². The molecule has 1 aliphatic rings. The Balaban J connectivity index is 1.41. The minimum atomic E-state index is -0.540. The van der Waals surface area contributed by atoms with E-state index in [1.54, 1.807) is 6.07 Å². The third-order valence-electron chi connectivity index (χ3n) is 6.48. The van der Waals surface area contributed by atoms with E-state index in [1.807, 2.05) is 6.07 Å². The number of rotatable bonds is 10. The van der Waals surface area contributed by atoms with E-state index < -0.39 is 5.82 Å². The summed E-state index contributed by atoms with van der Waals surface area (Å²) in [5, 5.41) is 8.80. The van der Waals surface area contributed by atoms with Crippen LogP contribution in [-0.4, -0.2) is 0 Å². The Labute approximate surface area is 181 Å². The van der Waals surface area contributed by atoms with Crippen molar-refractivity contribution in [2.24, 2.45) is 5.92 Å². The van der Waals surface area contributed by atoms with Crippen LogP contribution in [0, 0.1) is 23.1 Å². The molecule has 1 saturated carbocycles. The Morgan fingerprint density at radius 3 is 2.37 bits per heavy atom. The molecular formula is C27H34FNO. The number of hydrogen-bond acceptors (Lipinski definition) is 2. The molecule has 1 fully saturated rings. The highest BCUT2D eigenvalue weighted by Crippen LogP contribution is 2.37. The first-order chi connectivity index (χ1) is 14.7. The lowest BCUT2D eigenvalue weighted by Gasteiger charge is -2.29. The number of benzene rings is 2. The van der Waals surface area contributed by atoms with Gasteiger partial charge in [-0.1, -0.05) is 69.7 Å². The first kappa shape index (κ1) is 22.3. The highest BCUT2D eigenvalue weighted by atomic mass is 19.1. The Hall–Kier alpha value is -2.34. The third-order valence-corrected chi connectivity index (χ3v) is 6.48. The van der Waals surface area contributed by atoms with Gasteiger partial charge in [-0.15, -0.1) is 0 Å². The van der Waals surface area contributed by atoms with Crippen LogP contribution in [0.1, 0.15) is 93.7 Å². The average Bonchev–Trinajstić information content (AvgIpc) is 2.78. The number of nitriles is 1. The second-order valence-corrected chi connectivity index (χ2v) is 8.70. The second-order valence-electron chi connectivity index (χ2n) is 8.70. The quantitative estimate of drug-likeness (QED) is 0.375. The van der Waals surface area contributed by atoms with Crippen LogP contribution >= 0.6 is 0 Å². The van der Waals surface area contributed by atoms with Crippen LogP contribution in [0.5, 0.6) is 5.75 Å². The number of hydrogen-bond donors (Lipinski definition) is 0. The lowest BCUT2D eigenvalue weighted by atomic mass is 9.77. The SMILES string of the molecule is CCCCCCCC1CCC(c2ccc(COc3ccc(C#N)c(F)c3)cc2)CC1. The molecule has 1 aliphatic carbocycles. The highest BCUT2D eigenvalue weighted by molar-refractivity contribution is 5.36. The topological polar surface area (TPSA) is 33.0 Å². The van der Waals surface area contributed by atoms with Gasteiger partial charge in [-0.2, -0.15) is 5.26 Å². The van der Waals surface area contributed by atoms with Gasteiger partial charge in [-0.05, 0) is 60.8 Å². The molecule has 2 aromatic carbocycles. The molecule has 2 aromatic rings. The van der Waals surface area contributed by atoms with Crippen molar-refractivity contribution in [3.8, 4) is 11.8 Å². The minimum absolute atomic E-state index is 0.0397. The van der Waals surface area contributed by atoms with Crippen LogP contribution in [0.4, 0.5) is 4.39 Å². The van der Waals surface area contributed by atoms with Gasteiger partial charge in [0, 0.05) is 6.07 Å². The van der Waals surface area contributed by atoms with E-state index in [4.69, 9.17) is 10.00 Å². The molecule has 0 spiro atoms. The molecule has 0 aromatic heterocycles. The second kappa shape index (κ2) is 11.7. The molecule has 0 unspecified atom stereocenters. The Bertz CT molecular complexity index is 816. The number of halogens is 1. The largest absolute Gasteiger partial charge is 0.489 e. The maximum atomic E-state index is 13.7. The first-order valence-electron chi connectivity index (χ1n) is 11.6. The third kappa shape index (κ3) is 6.59. The van der Waals surface area contributed by atoms with Gasteiger partial charge in [0.15, 0.2) is 0 Å². The summed E-state index contributed by atoms with van der Waals surface area (Å²) in [6.07, 6.45) is 13.7. The summed E-state index contributed by atoms with van der Waals surface area (Å²) in [6, 6.07) is 14.9. The average molecular weight is 408 g/mol. The Morgan fingerprint density at radius 1 is 0.967 bits per heavy atom. The summed E-state index contributed by atoms with van der Waals surface area (Å²) in [6.45, 7) is 2.67. The molecular weight excluding hydrogens is 373 g/mol. The fraction of sp³-hybridized carbons (Fsp3) is 0.519. The van der Waals surface area contributed by atoms with Gasteiger partial charge in [0.1, 0.15) is 24.2 Å². The van der Waals surface area contributed by atoms with Crippen LogP contribution in [0.25, 0.3) is 0 Å². The van der Waals surface area contributed by atoms with Crippen molar-refractivity contribution >= 4 is 0 Å². The molecule has 0 amide bonds. The van der Waals surface area contributed by atoms with Gasteiger partial charge >= 0.3 is 0 Å². The molecule has 0 atom stereocenters. The fourth-order valence-corrected chi connectivity index (χ4v) is 4.55. The van der Waals surface area contributed by atoms with E-state index in [9.17, 15) is 4.39 Å². The van der Waals surface area contributed by atoms with Gasteiger partial charge < -0.3 is 4.74 Å². The zero-order chi connectivity index (χ0) is 21.2. The van der Waals surface area contributed by atoms with Crippen LogP contribution in [-0.2, 0) is 6.61 Å². The predicted octanol–water partition coefficient (Wildman–Crippen LogP) is 7.91. The van der Waals surface area contributed by atoms with Crippen LogP contribution < -0.4 is 4.74 Å². The van der Waals surface area contributed by atoms with E-state index in [2.05, 4.69) is 31.2 Å². The van der Waals surface area contributed by atoms with Gasteiger partial charge in [0.25, 0.3) is 0 Å². The lowest BCUT2D eigenvalue weighted by molar-refractivity contribution is 0.300. The molecule has 30 heavy (non-hydrogen) atoms. The molecule has 0 saturated heterocycles. The number of unbranched alkanes of at least 4 members (excludes halogenated alkanes) is 4. The molecule has 160 valence electrons. The van der Waals surface area contributed by atoms with Crippen molar-refractivity contribution in [2.45, 2.75) is 83.7 Å². The summed E-state index contributed by atoms with van der Waals surface area (Å²) in [5.74, 6) is 1.53. The van der Waals surface area contributed by atoms with Crippen molar-refractivity contribution in [3.63, 3.8) is 0 Å². The lowest BCUT2D eigenvalue weighted by Crippen LogP contribution is -2.13. The van der Waals surface area contributed by atoms with Crippen molar-refractivity contribution in [1.29, 1.82) is 5.26 Å². The molecule has 2 nitrogen and oxygen atoms in total. The Morgan fingerprint density at radius 2 is 1.70 bits per heavy atom. The van der Waals surface area contributed by atoms with E-state index in [0.29, 0.717) is 18.3 Å². The maximum absolute atomic E-state index is 13.7. The number of ether oxygens (including phenoxy) is 1. The molecule has 0 radical (unpaired) electrons. The molecule has 0 aliphatic heterocycles. The van der Waals surface area contributed by atoms with Crippen molar-refractivity contribution in [3.05, 3.63) is 65.0 Å². The van der Waals surface area contributed by atoms with Crippen LogP contribution in [0.2, 0.25) is 0 Å². The van der Waals surface area contributed by atoms with Crippen molar-refractivity contribution < 1.29 is 9.13 Å². The standard InChI is InChI=1S/C27H34FNO/c1-2-3-4-5-6-7-21-8-12-23(13-9-21)24-14-10-22(11-15-24)20-30-26-17-16-25(19-29)27(28)18-26/h10-11,14-18,21,23H,2-9,12-13,20H2,1H3. The summed E-state index contributed by atoms with van der Waals surface area (Å²) >= 11 is 0. The maximum Gasteiger partial charge on any atom is 0.144 e. The van der Waals surface area contributed by atoms with E-state index in [0.717, 1.165) is 11.5 Å². The fourth-order valence-electron chi connectivity index (χ4n) is 4.55. The predicted molar refractivity (Wildman–Crippen MR) is 120 cm³/mol. The van der Waals surface area contributed by atoms with Crippen molar-refractivity contribution in [1.82, 2.24) is 0 Å². The summed E-state index contributed by atoms with van der Waals surface area (Å²) in [5.41, 5.74) is 2.55. The summed E-state index contributed by atoms with van der Waals surface area (Å²) < 4.78 is 19.4. The van der Waals surface area contributed by atoms with Crippen molar-refractivity contribution in [2.75, 3.05) is 0 Å². The zero-order valence-electron chi connectivity index (χ0n) is 18.2. The van der Waals surface area contributed by atoms with Gasteiger partial charge in [0.05, 0.1) is 5.56 Å². The molecule has 0 heterocycles. The monoisotopic (exact) mass is 407 g/mol. The van der Waals surface area contributed by atoms with Gasteiger partial charge in [-0.3, -0.25) is 0 Å². The summed E-state index contributed by atoms with van der Waals surface area (Å²) in [4.78, 5) is 0. The molecule has 0 bridgehead atoms. The molecule has 3 rings (SSSR count). The normalized spacial score (nSPS) is 18.7. The number of nitrogens with zero attached hydrogens (tertiary/aromatic N) is 1. The molecule has 3 heteroatoms. The summed E-state index contributed by atoms with van der Waals surface area (Å²) in [7, 11) is 0.